The molecule has 2 aromatic carbocycles. The van der Waals surface area contributed by atoms with E-state index in [9.17, 15) is 9.59 Å². The van der Waals surface area contributed by atoms with Crippen molar-refractivity contribution in [2.75, 3.05) is 14.2 Å². The third kappa shape index (κ3) is 5.94. The number of ether oxygens (including phenoxy) is 2. The van der Waals surface area contributed by atoms with Crippen LogP contribution in [0.15, 0.2) is 65.5 Å². The van der Waals surface area contributed by atoms with Crippen LogP contribution in [-0.4, -0.2) is 35.9 Å². The maximum absolute atomic E-state index is 12.5. The average molecular weight is 421 g/mol. The molecule has 0 saturated heterocycles. The van der Waals surface area contributed by atoms with Gasteiger partial charge < -0.3 is 14.8 Å². The number of carbonyl (C=O) groups is 1. The highest BCUT2D eigenvalue weighted by Gasteiger charge is 2.12. The molecule has 0 aliphatic rings. The fourth-order valence-corrected chi connectivity index (χ4v) is 3.27. The maximum Gasteiger partial charge on any atom is 0.267 e. The summed E-state index contributed by atoms with van der Waals surface area (Å²) in [5.41, 5.74) is 2.20. The smallest absolute Gasteiger partial charge is 0.267 e. The number of aromatic nitrogens is 2. The average Bonchev–Trinajstić information content (AvgIpc) is 2.79. The fourth-order valence-electron chi connectivity index (χ4n) is 3.27. The van der Waals surface area contributed by atoms with Gasteiger partial charge in [-0.05, 0) is 49.6 Å². The van der Waals surface area contributed by atoms with Crippen LogP contribution in [0.4, 0.5) is 0 Å². The maximum atomic E-state index is 12.5. The van der Waals surface area contributed by atoms with Crippen molar-refractivity contribution in [1.29, 1.82) is 0 Å². The minimum Gasteiger partial charge on any atom is -0.493 e. The van der Waals surface area contributed by atoms with Crippen LogP contribution in [0, 0.1) is 0 Å². The summed E-state index contributed by atoms with van der Waals surface area (Å²) >= 11 is 0. The highest BCUT2D eigenvalue weighted by atomic mass is 16.5. The van der Waals surface area contributed by atoms with Gasteiger partial charge in [-0.1, -0.05) is 30.3 Å². The number of carbonyl (C=O) groups excluding carboxylic acids is 1. The van der Waals surface area contributed by atoms with Crippen molar-refractivity contribution in [2.45, 2.75) is 32.4 Å². The summed E-state index contributed by atoms with van der Waals surface area (Å²) in [5, 5.41) is 7.30. The number of hydrogen-bond donors (Lipinski definition) is 1. The number of nitrogens with zero attached hydrogens (tertiary/aromatic N) is 2. The second kappa shape index (κ2) is 10.4. The van der Waals surface area contributed by atoms with Gasteiger partial charge in [-0.25, -0.2) is 4.68 Å². The molecule has 0 bridgehead atoms. The quantitative estimate of drug-likeness (QED) is 0.574. The lowest BCUT2D eigenvalue weighted by Crippen LogP contribution is -2.38. The van der Waals surface area contributed by atoms with Crippen molar-refractivity contribution in [3.63, 3.8) is 0 Å². The SMILES string of the molecule is COc1ccc(-c2ccc(=O)n(CC(=O)N[C@H](C)CCc3ccccc3)n2)cc1OC. The molecule has 7 heteroatoms. The van der Waals surface area contributed by atoms with Gasteiger partial charge in [-0.15, -0.1) is 0 Å². The number of nitrogens with one attached hydrogen (secondary N) is 1. The first-order valence-corrected chi connectivity index (χ1v) is 10.1. The molecular formula is C24H27N3O4. The van der Waals surface area contributed by atoms with E-state index >= 15 is 0 Å². The molecule has 1 N–H and O–H groups in total. The van der Waals surface area contributed by atoms with Crippen LogP contribution in [0.1, 0.15) is 18.9 Å². The summed E-state index contributed by atoms with van der Waals surface area (Å²) in [5.74, 6) is 0.910. The van der Waals surface area contributed by atoms with E-state index in [-0.39, 0.29) is 24.1 Å². The lowest BCUT2D eigenvalue weighted by molar-refractivity contribution is -0.122. The zero-order valence-corrected chi connectivity index (χ0v) is 18.0. The van der Waals surface area contributed by atoms with Gasteiger partial charge in [0.1, 0.15) is 6.54 Å². The second-order valence-electron chi connectivity index (χ2n) is 7.28. The summed E-state index contributed by atoms with van der Waals surface area (Å²) in [6.07, 6.45) is 1.68. The van der Waals surface area contributed by atoms with Crippen molar-refractivity contribution >= 4 is 5.91 Å². The van der Waals surface area contributed by atoms with Gasteiger partial charge in [0.25, 0.3) is 5.56 Å². The highest BCUT2D eigenvalue weighted by Crippen LogP contribution is 2.31. The number of methoxy groups -OCH3 is 2. The Morgan fingerprint density at radius 2 is 1.77 bits per heavy atom. The molecule has 0 aliphatic heterocycles. The highest BCUT2D eigenvalue weighted by molar-refractivity contribution is 5.76. The van der Waals surface area contributed by atoms with Crippen LogP contribution in [0.3, 0.4) is 0 Å². The number of amides is 1. The molecule has 0 spiro atoms. The Balaban J connectivity index is 1.66. The Labute approximate surface area is 181 Å². The standard InChI is InChI=1S/C24H27N3O4/c1-17(9-10-18-7-5-4-6-8-18)25-23(28)16-27-24(29)14-12-20(26-27)19-11-13-21(30-2)22(15-19)31-3/h4-8,11-15,17H,9-10,16H2,1-3H3,(H,25,28)/t17-/m1/s1. The summed E-state index contributed by atoms with van der Waals surface area (Å²) in [6.45, 7) is 1.81. The summed E-state index contributed by atoms with van der Waals surface area (Å²) in [6, 6.07) is 18.5. The monoisotopic (exact) mass is 421 g/mol. The molecule has 0 saturated carbocycles. The van der Waals surface area contributed by atoms with E-state index in [2.05, 4.69) is 22.5 Å². The second-order valence-corrected chi connectivity index (χ2v) is 7.28. The molecule has 162 valence electrons. The molecule has 1 amide bonds. The Hall–Kier alpha value is -3.61. The first kappa shape index (κ1) is 22.1. The van der Waals surface area contributed by atoms with Crippen LogP contribution < -0.4 is 20.3 Å². The zero-order valence-electron chi connectivity index (χ0n) is 18.0. The van der Waals surface area contributed by atoms with Gasteiger partial charge in [0.15, 0.2) is 11.5 Å². The predicted octanol–water partition coefficient (Wildman–Crippen LogP) is 3.07. The third-order valence-electron chi connectivity index (χ3n) is 4.96. The lowest BCUT2D eigenvalue weighted by atomic mass is 10.1. The Kier molecular flexibility index (Phi) is 7.43. The molecule has 3 aromatic rings. The molecule has 1 atom stereocenters. The Morgan fingerprint density at radius 3 is 2.48 bits per heavy atom. The zero-order chi connectivity index (χ0) is 22.2. The number of hydrogen-bond acceptors (Lipinski definition) is 5. The molecule has 0 radical (unpaired) electrons. The van der Waals surface area contributed by atoms with Gasteiger partial charge in [-0.3, -0.25) is 9.59 Å². The van der Waals surface area contributed by atoms with Crippen LogP contribution in [0.25, 0.3) is 11.3 Å². The first-order chi connectivity index (χ1) is 15.0. The van der Waals surface area contributed by atoms with Gasteiger partial charge in [0, 0.05) is 17.7 Å². The van der Waals surface area contributed by atoms with Crippen molar-refractivity contribution < 1.29 is 14.3 Å². The van der Waals surface area contributed by atoms with Crippen LogP contribution in [0.5, 0.6) is 11.5 Å². The van der Waals surface area contributed by atoms with E-state index in [0.717, 1.165) is 18.4 Å². The van der Waals surface area contributed by atoms with Crippen molar-refractivity contribution in [2.24, 2.45) is 0 Å². The lowest BCUT2D eigenvalue weighted by Gasteiger charge is -2.15. The Bertz CT molecular complexity index is 1080. The molecule has 0 unspecified atom stereocenters. The van der Waals surface area contributed by atoms with Crippen molar-refractivity contribution in [3.8, 4) is 22.8 Å². The Morgan fingerprint density at radius 1 is 1.03 bits per heavy atom. The predicted molar refractivity (Wildman–Crippen MR) is 119 cm³/mol. The first-order valence-electron chi connectivity index (χ1n) is 10.1. The normalized spacial score (nSPS) is 11.6. The van der Waals surface area contributed by atoms with Gasteiger partial charge in [0.2, 0.25) is 5.91 Å². The van der Waals surface area contributed by atoms with E-state index < -0.39 is 0 Å². The van der Waals surface area contributed by atoms with E-state index in [0.29, 0.717) is 17.2 Å². The number of benzene rings is 2. The largest absolute Gasteiger partial charge is 0.493 e. The minimum absolute atomic E-state index is 0.0163. The molecule has 0 fully saturated rings. The van der Waals surface area contributed by atoms with Crippen molar-refractivity contribution in [3.05, 3.63) is 76.6 Å². The molecular weight excluding hydrogens is 394 g/mol. The third-order valence-corrected chi connectivity index (χ3v) is 4.96. The van der Waals surface area contributed by atoms with Gasteiger partial charge in [-0.2, -0.15) is 5.10 Å². The minimum atomic E-state index is -0.337. The van der Waals surface area contributed by atoms with E-state index in [1.54, 1.807) is 32.4 Å². The molecule has 1 aromatic heterocycles. The number of aryl methyl sites for hydroxylation is 1. The molecule has 1 heterocycles. The molecule has 3 rings (SSSR count). The van der Waals surface area contributed by atoms with E-state index in [1.807, 2.05) is 31.2 Å². The fraction of sp³-hybridized carbons (Fsp3) is 0.292. The van der Waals surface area contributed by atoms with E-state index in [1.165, 1.54) is 16.3 Å². The summed E-state index contributed by atoms with van der Waals surface area (Å²) in [4.78, 5) is 24.7. The van der Waals surface area contributed by atoms with E-state index in [4.69, 9.17) is 9.47 Å². The van der Waals surface area contributed by atoms with Crippen LogP contribution in [-0.2, 0) is 17.8 Å². The molecule has 0 aliphatic carbocycles. The number of rotatable bonds is 9. The molecule has 31 heavy (non-hydrogen) atoms. The summed E-state index contributed by atoms with van der Waals surface area (Å²) < 4.78 is 11.8. The van der Waals surface area contributed by atoms with Gasteiger partial charge >= 0.3 is 0 Å². The summed E-state index contributed by atoms with van der Waals surface area (Å²) in [7, 11) is 3.12. The van der Waals surface area contributed by atoms with Gasteiger partial charge in [0.05, 0.1) is 19.9 Å². The van der Waals surface area contributed by atoms with Crippen LogP contribution in [0.2, 0.25) is 0 Å². The molecule has 7 nitrogen and oxygen atoms in total. The topological polar surface area (TPSA) is 82.5 Å². The van der Waals surface area contributed by atoms with Crippen molar-refractivity contribution in [1.82, 2.24) is 15.1 Å². The van der Waals surface area contributed by atoms with Crippen LogP contribution >= 0.6 is 0 Å².